The van der Waals surface area contributed by atoms with Crippen LogP contribution in [0.4, 0.5) is 17.1 Å². The van der Waals surface area contributed by atoms with Crippen molar-refractivity contribution in [3.8, 4) is 11.5 Å². The Hall–Kier alpha value is -5.63. The second-order valence-electron chi connectivity index (χ2n) is 9.32. The van der Waals surface area contributed by atoms with E-state index >= 15 is 0 Å². The number of carbonyl (C=O) groups excluding carboxylic acids is 1. The van der Waals surface area contributed by atoms with Crippen molar-refractivity contribution in [1.29, 1.82) is 0 Å². The lowest BCUT2D eigenvalue weighted by Gasteiger charge is -2.25. The van der Waals surface area contributed by atoms with Gasteiger partial charge in [0, 0.05) is 17.3 Å². The van der Waals surface area contributed by atoms with Gasteiger partial charge in [-0.3, -0.25) is 34.4 Å². The summed E-state index contributed by atoms with van der Waals surface area (Å²) in [4.78, 5) is 53.4. The van der Waals surface area contributed by atoms with Crippen LogP contribution in [0.3, 0.4) is 0 Å². The summed E-state index contributed by atoms with van der Waals surface area (Å²) in [7, 11) is 0. The Bertz CT molecular complexity index is 1980. The number of phenolic OH excluding ortho intramolecular Hbond substituents is 1. The van der Waals surface area contributed by atoms with Crippen LogP contribution in [0, 0.1) is 20.2 Å². The molecule has 0 aliphatic carbocycles. The molecule has 0 spiro atoms. The molecule has 1 atom stereocenters. The highest BCUT2D eigenvalue weighted by Gasteiger charge is 2.33. The predicted octanol–water partition coefficient (Wildman–Crippen LogP) is 3.79. The van der Waals surface area contributed by atoms with Crippen LogP contribution in [0.15, 0.2) is 87.8 Å². The number of nitrogens with zero attached hydrogens (tertiary/aromatic N) is 4. The lowest BCUT2D eigenvalue weighted by atomic mass is 9.95. The van der Waals surface area contributed by atoms with Crippen molar-refractivity contribution in [3.63, 3.8) is 0 Å². The molecule has 0 bridgehead atoms. The van der Waals surface area contributed by atoms with Crippen LogP contribution in [0.1, 0.15) is 31.0 Å². The number of allylic oxidation sites excluding steroid dienone is 1. The maximum Gasteiger partial charge on any atom is 0.318 e. The monoisotopic (exact) mass is 601 g/mol. The van der Waals surface area contributed by atoms with Crippen molar-refractivity contribution < 1.29 is 24.5 Å². The molecular formula is C29H23N5O8S. The number of benzene rings is 3. The minimum absolute atomic E-state index is 0.0164. The molecule has 0 radical (unpaired) electrons. The summed E-state index contributed by atoms with van der Waals surface area (Å²) >= 11 is 0.912. The molecule has 218 valence electrons. The highest BCUT2D eigenvalue weighted by molar-refractivity contribution is 7.07. The first-order valence-electron chi connectivity index (χ1n) is 12.9. The number of nitro benzene ring substituents is 2. The number of fused-ring (bicyclic) bond motifs is 1. The van der Waals surface area contributed by atoms with Gasteiger partial charge >= 0.3 is 5.69 Å². The topological polar surface area (TPSA) is 179 Å². The van der Waals surface area contributed by atoms with Crippen LogP contribution in [-0.2, 0) is 4.79 Å². The number of nitro groups is 2. The Balaban J connectivity index is 1.70. The Morgan fingerprint density at radius 3 is 2.44 bits per heavy atom. The van der Waals surface area contributed by atoms with Crippen LogP contribution < -0.4 is 24.9 Å². The fourth-order valence-corrected chi connectivity index (χ4v) is 5.72. The van der Waals surface area contributed by atoms with E-state index in [1.54, 1.807) is 55.5 Å². The number of aromatic nitrogens is 1. The number of rotatable bonds is 8. The number of non-ortho nitro benzene ring substituents is 1. The van der Waals surface area contributed by atoms with Gasteiger partial charge in [-0.2, -0.15) is 0 Å². The summed E-state index contributed by atoms with van der Waals surface area (Å²) in [6.07, 6.45) is 1.14. The highest BCUT2D eigenvalue weighted by Crippen LogP contribution is 2.35. The molecule has 0 unspecified atom stereocenters. The minimum Gasteiger partial charge on any atom is -0.502 e. The summed E-state index contributed by atoms with van der Waals surface area (Å²) in [6, 6.07) is 16.3. The van der Waals surface area contributed by atoms with Gasteiger partial charge in [-0.1, -0.05) is 41.7 Å². The lowest BCUT2D eigenvalue weighted by molar-refractivity contribution is -0.394. The maximum atomic E-state index is 13.9. The average molecular weight is 602 g/mol. The third-order valence-corrected chi connectivity index (χ3v) is 7.59. The van der Waals surface area contributed by atoms with E-state index in [4.69, 9.17) is 4.74 Å². The number of phenols is 1. The van der Waals surface area contributed by atoms with Crippen molar-refractivity contribution in [1.82, 2.24) is 4.57 Å². The van der Waals surface area contributed by atoms with Crippen LogP contribution >= 0.6 is 11.3 Å². The number of anilines is 1. The highest BCUT2D eigenvalue weighted by atomic mass is 32.1. The summed E-state index contributed by atoms with van der Waals surface area (Å²) in [5.74, 6) is -0.714. The van der Waals surface area contributed by atoms with Crippen LogP contribution in [0.2, 0.25) is 0 Å². The van der Waals surface area contributed by atoms with E-state index < -0.39 is 44.5 Å². The molecule has 2 heterocycles. The first-order chi connectivity index (χ1) is 20.6. The van der Waals surface area contributed by atoms with E-state index in [-0.39, 0.29) is 20.5 Å². The van der Waals surface area contributed by atoms with Crippen molar-refractivity contribution in [2.24, 2.45) is 4.99 Å². The summed E-state index contributed by atoms with van der Waals surface area (Å²) in [5.41, 5.74) is -0.733. The molecule has 1 aliphatic heterocycles. The number of hydrogen-bond acceptors (Lipinski definition) is 10. The van der Waals surface area contributed by atoms with Gasteiger partial charge in [0.05, 0.1) is 44.4 Å². The normalized spacial score (nSPS) is 14.6. The van der Waals surface area contributed by atoms with Crippen molar-refractivity contribution >= 4 is 40.4 Å². The van der Waals surface area contributed by atoms with Crippen molar-refractivity contribution in [2.45, 2.75) is 19.9 Å². The summed E-state index contributed by atoms with van der Waals surface area (Å²) in [6.45, 7) is 3.94. The van der Waals surface area contributed by atoms with Gasteiger partial charge in [0.15, 0.2) is 4.80 Å². The third-order valence-electron chi connectivity index (χ3n) is 6.60. The van der Waals surface area contributed by atoms with E-state index in [1.165, 1.54) is 4.57 Å². The Morgan fingerprint density at radius 2 is 1.81 bits per heavy atom. The summed E-state index contributed by atoms with van der Waals surface area (Å²) in [5, 5.41) is 36.2. The second-order valence-corrected chi connectivity index (χ2v) is 10.3. The molecule has 13 nitrogen and oxygen atoms in total. The molecule has 0 fully saturated rings. The fourth-order valence-electron chi connectivity index (χ4n) is 4.68. The first kappa shape index (κ1) is 28.9. The molecule has 5 rings (SSSR count). The number of carbonyl (C=O) groups is 1. The molecular weight excluding hydrogens is 578 g/mol. The van der Waals surface area contributed by atoms with E-state index in [0.717, 1.165) is 23.5 Å². The predicted molar refractivity (Wildman–Crippen MR) is 158 cm³/mol. The smallest absolute Gasteiger partial charge is 0.318 e. The van der Waals surface area contributed by atoms with Gasteiger partial charge in [0.25, 0.3) is 17.2 Å². The molecule has 43 heavy (non-hydrogen) atoms. The number of aromatic hydroxyl groups is 1. The lowest BCUT2D eigenvalue weighted by Crippen LogP contribution is -2.40. The molecule has 14 heteroatoms. The van der Waals surface area contributed by atoms with Gasteiger partial charge < -0.3 is 15.2 Å². The third kappa shape index (κ3) is 5.63. The van der Waals surface area contributed by atoms with E-state index in [2.05, 4.69) is 10.3 Å². The van der Waals surface area contributed by atoms with E-state index in [9.17, 15) is 34.9 Å². The van der Waals surface area contributed by atoms with Crippen LogP contribution in [0.25, 0.3) is 6.08 Å². The minimum atomic E-state index is -0.950. The zero-order chi connectivity index (χ0) is 30.8. The zero-order valence-electron chi connectivity index (χ0n) is 22.7. The molecule has 3 aromatic carbocycles. The first-order valence-corrected chi connectivity index (χ1v) is 13.7. The van der Waals surface area contributed by atoms with E-state index in [1.807, 2.05) is 13.0 Å². The number of nitrogens with one attached hydrogen (secondary N) is 1. The number of thiazole rings is 1. The Labute approximate surface area is 246 Å². The second kappa shape index (κ2) is 11.7. The average Bonchev–Trinajstić information content (AvgIpc) is 3.28. The molecule has 4 aromatic rings. The van der Waals surface area contributed by atoms with Gasteiger partial charge in [-0.15, -0.1) is 0 Å². The standard InChI is InChI=1S/C29H23N5O8S/c1-3-42-21-11-9-17(10-12-21)25-24(27(36)31-19-7-5-4-6-8-19)16(2)30-29-32(25)28(37)23(43-29)14-18-13-20(33(38)39)15-22(26(18)35)34(40)41/h4-15,25,35H,3H2,1-2H3,(H,31,36)/b23-14-/t25-/m0/s1. The van der Waals surface area contributed by atoms with Gasteiger partial charge in [-0.05, 0) is 49.8 Å². The Morgan fingerprint density at radius 1 is 1.12 bits per heavy atom. The molecule has 1 amide bonds. The molecule has 2 N–H and O–H groups in total. The fraction of sp³-hybridized carbons (Fsp3) is 0.138. The van der Waals surface area contributed by atoms with Gasteiger partial charge in [0.1, 0.15) is 5.75 Å². The molecule has 0 saturated heterocycles. The SMILES string of the molecule is CCOc1ccc([C@H]2C(C(=O)Nc3ccccc3)=C(C)N=c3s/c(=C\c4cc([N+](=O)[O-])cc([N+](=O)[O-])c4O)c(=O)n32)cc1. The Kier molecular flexibility index (Phi) is 7.86. The molecule has 1 aliphatic rings. The number of para-hydroxylation sites is 1. The van der Waals surface area contributed by atoms with Crippen molar-refractivity contribution in [3.05, 3.63) is 129 Å². The van der Waals surface area contributed by atoms with Crippen molar-refractivity contribution in [2.75, 3.05) is 11.9 Å². The zero-order valence-corrected chi connectivity index (χ0v) is 23.5. The van der Waals surface area contributed by atoms with Crippen LogP contribution in [0.5, 0.6) is 11.5 Å². The van der Waals surface area contributed by atoms with E-state index in [0.29, 0.717) is 35.4 Å². The number of hydrogen-bond donors (Lipinski definition) is 2. The largest absolute Gasteiger partial charge is 0.502 e. The van der Waals surface area contributed by atoms with Gasteiger partial charge in [0.2, 0.25) is 5.75 Å². The number of ether oxygens (including phenoxy) is 1. The number of amides is 1. The quantitative estimate of drug-likeness (QED) is 0.226. The molecule has 1 aromatic heterocycles. The molecule has 0 saturated carbocycles. The summed E-state index contributed by atoms with van der Waals surface area (Å²) < 4.78 is 6.85. The van der Waals surface area contributed by atoms with Gasteiger partial charge in [-0.25, -0.2) is 4.99 Å². The maximum absolute atomic E-state index is 13.9. The van der Waals surface area contributed by atoms with Crippen LogP contribution in [-0.4, -0.2) is 32.0 Å².